The molecule has 0 aliphatic carbocycles. The second-order valence-electron chi connectivity index (χ2n) is 5.28. The van der Waals surface area contributed by atoms with E-state index in [0.717, 1.165) is 5.69 Å². The molecule has 1 heterocycles. The van der Waals surface area contributed by atoms with Crippen molar-refractivity contribution in [3.63, 3.8) is 0 Å². The smallest absolute Gasteiger partial charge is 0.335 e. The van der Waals surface area contributed by atoms with Gasteiger partial charge in [0.15, 0.2) is 0 Å². The SMILES string of the molecule is O=C(O)C1=C(Nc2ccccc2)CN(C(=O)c2ccccc2)C1. The molecule has 0 unspecified atom stereocenters. The van der Waals surface area contributed by atoms with Crippen LogP contribution in [-0.4, -0.2) is 35.0 Å². The standard InChI is InChI=1S/C18H16N2O3/c21-17(13-7-3-1-4-8-13)20-11-15(18(22)23)16(12-20)19-14-9-5-2-6-10-14/h1-10,19H,11-12H2,(H,22,23). The predicted octanol–water partition coefficient (Wildman–Crippen LogP) is 2.59. The van der Waals surface area contributed by atoms with Crippen molar-refractivity contribution in [2.75, 3.05) is 18.4 Å². The number of benzene rings is 2. The Balaban J connectivity index is 1.80. The molecule has 5 heteroatoms. The summed E-state index contributed by atoms with van der Waals surface area (Å²) in [7, 11) is 0. The van der Waals surface area contributed by atoms with Crippen LogP contribution in [0.1, 0.15) is 10.4 Å². The largest absolute Gasteiger partial charge is 0.478 e. The molecule has 0 fully saturated rings. The van der Waals surface area contributed by atoms with Crippen LogP contribution in [0.3, 0.4) is 0 Å². The Hall–Kier alpha value is -3.08. The number of anilines is 1. The van der Waals surface area contributed by atoms with Crippen LogP contribution in [-0.2, 0) is 4.79 Å². The van der Waals surface area contributed by atoms with Crippen molar-refractivity contribution >= 4 is 17.6 Å². The van der Waals surface area contributed by atoms with Gasteiger partial charge in [0, 0.05) is 16.9 Å². The first-order valence-corrected chi connectivity index (χ1v) is 7.27. The van der Waals surface area contributed by atoms with Crippen molar-refractivity contribution in [2.45, 2.75) is 0 Å². The van der Waals surface area contributed by atoms with Crippen molar-refractivity contribution in [3.05, 3.63) is 77.5 Å². The first-order chi connectivity index (χ1) is 11.1. The number of hydrogen-bond donors (Lipinski definition) is 2. The van der Waals surface area contributed by atoms with Gasteiger partial charge in [-0.1, -0.05) is 36.4 Å². The molecule has 0 aromatic heterocycles. The molecule has 3 rings (SSSR count). The lowest BCUT2D eigenvalue weighted by Crippen LogP contribution is -2.30. The summed E-state index contributed by atoms with van der Waals surface area (Å²) in [5.41, 5.74) is 2.12. The van der Waals surface area contributed by atoms with Gasteiger partial charge in [-0.05, 0) is 24.3 Å². The second kappa shape index (κ2) is 6.36. The highest BCUT2D eigenvalue weighted by molar-refractivity contribution is 5.97. The molecule has 1 aliphatic rings. The van der Waals surface area contributed by atoms with Gasteiger partial charge in [0.2, 0.25) is 0 Å². The minimum atomic E-state index is -1.01. The number of carbonyl (C=O) groups excluding carboxylic acids is 1. The van der Waals surface area contributed by atoms with Crippen LogP contribution < -0.4 is 5.32 Å². The van der Waals surface area contributed by atoms with E-state index >= 15 is 0 Å². The molecule has 1 amide bonds. The summed E-state index contributed by atoms with van der Waals surface area (Å²) in [6.45, 7) is 0.350. The number of amides is 1. The maximum Gasteiger partial charge on any atom is 0.335 e. The highest BCUT2D eigenvalue weighted by atomic mass is 16.4. The van der Waals surface area contributed by atoms with E-state index < -0.39 is 5.97 Å². The molecule has 5 nitrogen and oxygen atoms in total. The lowest BCUT2D eigenvalue weighted by atomic mass is 10.2. The van der Waals surface area contributed by atoms with Gasteiger partial charge in [-0.2, -0.15) is 0 Å². The minimum Gasteiger partial charge on any atom is -0.478 e. The number of rotatable bonds is 4. The van der Waals surface area contributed by atoms with Crippen LogP contribution in [0.4, 0.5) is 5.69 Å². The van der Waals surface area contributed by atoms with Crippen molar-refractivity contribution in [2.24, 2.45) is 0 Å². The molecular formula is C18H16N2O3. The Labute approximate surface area is 133 Å². The van der Waals surface area contributed by atoms with Gasteiger partial charge in [0.25, 0.3) is 5.91 Å². The van der Waals surface area contributed by atoms with Crippen LogP contribution >= 0.6 is 0 Å². The average molecular weight is 308 g/mol. The molecule has 0 spiro atoms. The summed E-state index contributed by atoms with van der Waals surface area (Å²) in [4.78, 5) is 25.5. The lowest BCUT2D eigenvalue weighted by molar-refractivity contribution is -0.132. The van der Waals surface area contributed by atoms with E-state index in [1.54, 1.807) is 24.3 Å². The Bertz CT molecular complexity index is 754. The third-order valence-corrected chi connectivity index (χ3v) is 3.70. The zero-order chi connectivity index (χ0) is 16.2. The monoisotopic (exact) mass is 308 g/mol. The summed E-state index contributed by atoms with van der Waals surface area (Å²) >= 11 is 0. The molecule has 2 aromatic carbocycles. The molecule has 0 atom stereocenters. The number of carbonyl (C=O) groups is 2. The average Bonchev–Trinajstić information content (AvgIpc) is 3.00. The van der Waals surface area contributed by atoms with Crippen molar-refractivity contribution < 1.29 is 14.7 Å². The lowest BCUT2D eigenvalue weighted by Gasteiger charge is -2.16. The quantitative estimate of drug-likeness (QED) is 0.911. The van der Waals surface area contributed by atoms with E-state index in [2.05, 4.69) is 5.32 Å². The molecule has 2 N–H and O–H groups in total. The van der Waals surface area contributed by atoms with E-state index in [1.807, 2.05) is 36.4 Å². The van der Waals surface area contributed by atoms with Crippen LogP contribution in [0.15, 0.2) is 71.9 Å². The summed E-state index contributed by atoms with van der Waals surface area (Å²) < 4.78 is 0. The van der Waals surface area contributed by atoms with Crippen LogP contribution in [0.25, 0.3) is 0 Å². The number of aliphatic carboxylic acids is 1. The molecule has 1 aliphatic heterocycles. The number of nitrogens with zero attached hydrogens (tertiary/aromatic N) is 1. The normalized spacial score (nSPS) is 14.0. The predicted molar refractivity (Wildman–Crippen MR) is 87.1 cm³/mol. The summed E-state index contributed by atoms with van der Waals surface area (Å²) in [6, 6.07) is 18.2. The highest BCUT2D eigenvalue weighted by Crippen LogP contribution is 2.22. The fourth-order valence-electron chi connectivity index (χ4n) is 2.54. The van der Waals surface area contributed by atoms with Gasteiger partial charge in [-0.25, -0.2) is 4.79 Å². The fourth-order valence-corrected chi connectivity index (χ4v) is 2.54. The molecule has 0 saturated heterocycles. The summed E-state index contributed by atoms with van der Waals surface area (Å²) in [6.07, 6.45) is 0. The van der Waals surface area contributed by atoms with Crippen molar-refractivity contribution in [1.82, 2.24) is 4.90 Å². The van der Waals surface area contributed by atoms with Crippen LogP contribution in [0, 0.1) is 0 Å². The highest BCUT2D eigenvalue weighted by Gasteiger charge is 2.30. The fraction of sp³-hybridized carbons (Fsp3) is 0.111. The molecule has 116 valence electrons. The van der Waals surface area contributed by atoms with Gasteiger partial charge in [-0.15, -0.1) is 0 Å². The number of nitrogens with one attached hydrogen (secondary N) is 1. The Morgan fingerprint density at radius 3 is 2.13 bits per heavy atom. The maximum atomic E-state index is 12.5. The number of hydrogen-bond acceptors (Lipinski definition) is 3. The number of para-hydroxylation sites is 1. The maximum absolute atomic E-state index is 12.5. The first-order valence-electron chi connectivity index (χ1n) is 7.27. The van der Waals surface area contributed by atoms with Gasteiger partial charge in [0.05, 0.1) is 18.7 Å². The Kier molecular flexibility index (Phi) is 4.10. The van der Waals surface area contributed by atoms with E-state index in [9.17, 15) is 14.7 Å². The topological polar surface area (TPSA) is 69.6 Å². The summed E-state index contributed by atoms with van der Waals surface area (Å²) in [5.74, 6) is -1.18. The first kappa shape index (κ1) is 14.8. The van der Waals surface area contributed by atoms with Crippen LogP contribution in [0.2, 0.25) is 0 Å². The molecule has 0 bridgehead atoms. The van der Waals surface area contributed by atoms with Crippen molar-refractivity contribution in [1.29, 1.82) is 0 Å². The van der Waals surface area contributed by atoms with Gasteiger partial charge in [0.1, 0.15) is 0 Å². The van der Waals surface area contributed by atoms with Gasteiger partial charge >= 0.3 is 5.97 Å². The third kappa shape index (κ3) is 3.23. The van der Waals surface area contributed by atoms with Gasteiger partial charge in [-0.3, -0.25) is 4.79 Å². The van der Waals surface area contributed by atoms with E-state index in [-0.39, 0.29) is 24.6 Å². The Morgan fingerprint density at radius 2 is 1.52 bits per heavy atom. The van der Waals surface area contributed by atoms with E-state index in [0.29, 0.717) is 11.3 Å². The molecule has 23 heavy (non-hydrogen) atoms. The third-order valence-electron chi connectivity index (χ3n) is 3.70. The Morgan fingerprint density at radius 1 is 0.913 bits per heavy atom. The van der Waals surface area contributed by atoms with Crippen molar-refractivity contribution in [3.8, 4) is 0 Å². The number of carboxylic acids is 1. The molecular weight excluding hydrogens is 292 g/mol. The zero-order valence-electron chi connectivity index (χ0n) is 12.4. The second-order valence-corrected chi connectivity index (χ2v) is 5.28. The molecule has 0 radical (unpaired) electrons. The van der Waals surface area contributed by atoms with E-state index in [4.69, 9.17) is 0 Å². The van der Waals surface area contributed by atoms with Crippen LogP contribution in [0.5, 0.6) is 0 Å². The minimum absolute atomic E-state index is 0.0955. The molecule has 2 aromatic rings. The number of carboxylic acid groups (broad SMARTS) is 1. The zero-order valence-corrected chi connectivity index (χ0v) is 12.4. The molecule has 0 saturated carbocycles. The summed E-state index contributed by atoms with van der Waals surface area (Å²) in [5, 5.41) is 12.5. The van der Waals surface area contributed by atoms with E-state index in [1.165, 1.54) is 4.90 Å². The van der Waals surface area contributed by atoms with Gasteiger partial charge < -0.3 is 15.3 Å².